The van der Waals surface area contributed by atoms with Crippen LogP contribution in [0.3, 0.4) is 0 Å². The number of hydrogen-bond acceptors (Lipinski definition) is 2. The number of Topliss-reactive ketones (excluding diaryl/α,β-unsaturated/α-hetero) is 1. The summed E-state index contributed by atoms with van der Waals surface area (Å²) in [5.74, 6) is -0.916. The maximum Gasteiger partial charge on any atom is 0.162 e. The van der Waals surface area contributed by atoms with Gasteiger partial charge in [-0.25, -0.2) is 4.39 Å². The summed E-state index contributed by atoms with van der Waals surface area (Å²) in [5, 5.41) is 0. The average molecular weight is 267 g/mol. The van der Waals surface area contributed by atoms with E-state index in [-0.39, 0.29) is 12.0 Å². The zero-order valence-corrected chi connectivity index (χ0v) is 11.3. The molecule has 0 bridgehead atoms. The van der Waals surface area contributed by atoms with E-state index in [4.69, 9.17) is 5.48 Å². The number of nitrogens with zero attached hydrogens (tertiary/aromatic N) is 1. The van der Waals surface area contributed by atoms with Crippen LogP contribution in [0.5, 0.6) is 0 Å². The molecule has 0 aromatic heterocycles. The number of ketones is 1. The topological polar surface area (TPSA) is 20.3 Å². The van der Waals surface area contributed by atoms with Crippen LogP contribution in [0.15, 0.2) is 24.2 Å². The molecule has 1 aromatic rings. The molecule has 3 heteroatoms. The molecule has 0 amide bonds. The largest absolute Gasteiger partial charge is 0.303 e. The second-order valence-electron chi connectivity index (χ2n) is 5.24. The van der Waals surface area contributed by atoms with Crippen molar-refractivity contribution >= 4 is 5.78 Å². The summed E-state index contributed by atoms with van der Waals surface area (Å²) >= 11 is 0. The monoisotopic (exact) mass is 267 g/mol. The van der Waals surface area contributed by atoms with E-state index in [1.807, 2.05) is 0 Å². The number of likely N-dealkylation sites (tertiary alicyclic amines) is 1. The van der Waals surface area contributed by atoms with Gasteiger partial charge in [0, 0.05) is 12.0 Å². The molecule has 19 heavy (non-hydrogen) atoms. The van der Waals surface area contributed by atoms with Crippen LogP contribution < -0.4 is 0 Å². The van der Waals surface area contributed by atoms with E-state index in [0.29, 0.717) is 6.42 Å². The van der Waals surface area contributed by atoms with Crippen LogP contribution in [-0.4, -0.2) is 30.3 Å². The fourth-order valence-electron chi connectivity index (χ4n) is 2.31. The van der Waals surface area contributed by atoms with Gasteiger partial charge in [-0.1, -0.05) is 6.92 Å². The molecule has 1 saturated heterocycles. The fraction of sp³-hybridized carbons (Fsp3) is 0.562. The highest BCUT2D eigenvalue weighted by molar-refractivity contribution is 5.95. The zero-order valence-electron chi connectivity index (χ0n) is 15.3. The van der Waals surface area contributed by atoms with Gasteiger partial charge >= 0.3 is 0 Å². The van der Waals surface area contributed by atoms with E-state index >= 15 is 0 Å². The molecule has 1 heterocycles. The van der Waals surface area contributed by atoms with Gasteiger partial charge in [0.1, 0.15) is 5.82 Å². The van der Waals surface area contributed by atoms with Crippen LogP contribution in [0.1, 0.15) is 48.4 Å². The number of hydrogen-bond donors (Lipinski definition) is 0. The third-order valence-corrected chi connectivity index (χ3v) is 3.63. The molecule has 1 aromatic carbocycles. The maximum atomic E-state index is 13.5. The molecule has 0 unspecified atom stereocenters. The molecule has 0 saturated carbocycles. The normalized spacial score (nSPS) is 20.5. The molecule has 1 aliphatic rings. The number of benzene rings is 1. The maximum absolute atomic E-state index is 13.5. The van der Waals surface area contributed by atoms with Crippen molar-refractivity contribution in [2.24, 2.45) is 5.92 Å². The lowest BCUT2D eigenvalue weighted by molar-refractivity contribution is 0.0971. The number of carbonyl (C=O) groups excluding carboxylic acids is 1. The predicted molar refractivity (Wildman–Crippen MR) is 74.8 cm³/mol. The Balaban J connectivity index is 1.99. The Morgan fingerprint density at radius 1 is 1.37 bits per heavy atom. The fourth-order valence-corrected chi connectivity index (χ4v) is 2.31. The molecule has 0 spiro atoms. The summed E-state index contributed by atoms with van der Waals surface area (Å²) in [6.07, 6.45) is 3.06. The number of rotatable bonds is 5. The van der Waals surface area contributed by atoms with Crippen molar-refractivity contribution in [1.82, 2.24) is 4.90 Å². The molecular weight excluding hydrogens is 241 g/mol. The highest BCUT2D eigenvalue weighted by Crippen LogP contribution is 2.16. The van der Waals surface area contributed by atoms with E-state index in [1.165, 1.54) is 0 Å². The number of piperidine rings is 1. The lowest BCUT2D eigenvalue weighted by atomic mass is 9.99. The Morgan fingerprint density at radius 2 is 2.00 bits per heavy atom. The first-order valence-corrected chi connectivity index (χ1v) is 6.84. The standard InChI is InChI=1S/C16H22FNO/c1-13-8-11-18(12-9-13)10-2-3-16(19)14-4-6-15(17)7-5-14/h4-7,13H,2-3,8-12H2,1H3/i4D,5D,6D,7D. The van der Waals surface area contributed by atoms with Crippen molar-refractivity contribution in [3.8, 4) is 0 Å². The first-order chi connectivity index (χ1) is 10.8. The lowest BCUT2D eigenvalue weighted by Gasteiger charge is -2.29. The van der Waals surface area contributed by atoms with Gasteiger partial charge in [0.25, 0.3) is 0 Å². The Bertz CT molecular complexity index is 571. The molecule has 1 aliphatic heterocycles. The summed E-state index contributed by atoms with van der Waals surface area (Å²) in [6.45, 7) is 5.06. The molecule has 2 nitrogen and oxygen atoms in total. The molecule has 0 aliphatic carbocycles. The smallest absolute Gasteiger partial charge is 0.162 e. The van der Waals surface area contributed by atoms with Gasteiger partial charge in [0.2, 0.25) is 0 Å². The average Bonchev–Trinajstić information content (AvgIpc) is 2.53. The molecule has 2 rings (SSSR count). The van der Waals surface area contributed by atoms with Crippen LogP contribution in [0, 0.1) is 11.7 Å². The van der Waals surface area contributed by atoms with Gasteiger partial charge in [-0.2, -0.15) is 0 Å². The highest BCUT2D eigenvalue weighted by Gasteiger charge is 2.15. The van der Waals surface area contributed by atoms with Crippen LogP contribution in [-0.2, 0) is 0 Å². The Hall–Kier alpha value is -1.22. The summed E-state index contributed by atoms with van der Waals surface area (Å²) in [4.78, 5) is 14.5. The van der Waals surface area contributed by atoms with E-state index in [2.05, 4.69) is 11.8 Å². The van der Waals surface area contributed by atoms with Crippen molar-refractivity contribution < 1.29 is 14.7 Å². The predicted octanol–water partition coefficient (Wildman–Crippen LogP) is 3.52. The van der Waals surface area contributed by atoms with Gasteiger partial charge in [-0.05, 0) is 69.0 Å². The molecule has 0 radical (unpaired) electrons. The van der Waals surface area contributed by atoms with Gasteiger partial charge in [0.15, 0.2) is 5.78 Å². The third kappa shape index (κ3) is 4.43. The SMILES string of the molecule is [2H]c1c([2H])c(C(=O)CCCN2CCC(C)CC2)c([2H])c([2H])c1F. The van der Waals surface area contributed by atoms with Crippen LogP contribution in [0.25, 0.3) is 0 Å². The van der Waals surface area contributed by atoms with E-state index in [0.717, 1.165) is 38.4 Å². The first kappa shape index (κ1) is 9.65. The van der Waals surface area contributed by atoms with Gasteiger partial charge in [-0.3, -0.25) is 4.79 Å². The second kappa shape index (κ2) is 6.80. The summed E-state index contributed by atoms with van der Waals surface area (Å²) < 4.78 is 43.8. The van der Waals surface area contributed by atoms with Crippen molar-refractivity contribution in [2.45, 2.75) is 32.6 Å². The Morgan fingerprint density at radius 3 is 2.63 bits per heavy atom. The molecule has 0 atom stereocenters. The molecular formula is C16H22FNO. The highest BCUT2D eigenvalue weighted by atomic mass is 19.1. The van der Waals surface area contributed by atoms with E-state index in [9.17, 15) is 9.18 Å². The second-order valence-corrected chi connectivity index (χ2v) is 5.24. The van der Waals surface area contributed by atoms with Crippen molar-refractivity contribution in [3.05, 3.63) is 35.6 Å². The van der Waals surface area contributed by atoms with Crippen LogP contribution in [0.2, 0.25) is 0 Å². The van der Waals surface area contributed by atoms with E-state index in [1.54, 1.807) is 0 Å². The minimum atomic E-state index is -1.21. The molecule has 104 valence electrons. The minimum absolute atomic E-state index is 0.147. The summed E-state index contributed by atoms with van der Waals surface area (Å²) in [6, 6.07) is -2.72. The van der Waals surface area contributed by atoms with Crippen molar-refractivity contribution in [3.63, 3.8) is 0 Å². The molecule has 0 N–H and O–H groups in total. The minimum Gasteiger partial charge on any atom is -0.303 e. The summed E-state index contributed by atoms with van der Waals surface area (Å²) in [5.41, 5.74) is -0.298. The van der Waals surface area contributed by atoms with Gasteiger partial charge in [0.05, 0.1) is 5.48 Å². The van der Waals surface area contributed by atoms with E-state index < -0.39 is 35.8 Å². The zero-order chi connectivity index (χ0) is 17.1. The lowest BCUT2D eigenvalue weighted by Crippen LogP contribution is -2.33. The summed E-state index contributed by atoms with van der Waals surface area (Å²) in [7, 11) is 0. The molecule has 1 fully saturated rings. The third-order valence-electron chi connectivity index (χ3n) is 3.63. The Kier molecular flexibility index (Phi) is 3.46. The van der Waals surface area contributed by atoms with Gasteiger partial charge in [-0.15, -0.1) is 0 Å². The van der Waals surface area contributed by atoms with Crippen molar-refractivity contribution in [1.29, 1.82) is 0 Å². The first-order valence-electron chi connectivity index (χ1n) is 8.84. The van der Waals surface area contributed by atoms with Gasteiger partial charge < -0.3 is 4.90 Å². The Labute approximate surface area is 120 Å². The quantitative estimate of drug-likeness (QED) is 0.761. The number of halogens is 1. The van der Waals surface area contributed by atoms with Crippen LogP contribution in [0.4, 0.5) is 4.39 Å². The van der Waals surface area contributed by atoms with Crippen molar-refractivity contribution in [2.75, 3.05) is 19.6 Å². The number of carbonyl (C=O) groups is 1. The van der Waals surface area contributed by atoms with Crippen LogP contribution >= 0.6 is 0 Å².